The first-order valence-electron chi connectivity index (χ1n) is 5.72. The summed E-state index contributed by atoms with van der Waals surface area (Å²) in [5, 5.41) is 0. The van der Waals surface area contributed by atoms with E-state index in [0.717, 1.165) is 17.7 Å². The van der Waals surface area contributed by atoms with Gasteiger partial charge < -0.3 is 9.58 Å². The van der Waals surface area contributed by atoms with Gasteiger partial charge in [0.2, 0.25) is 0 Å². The fourth-order valence-electron chi connectivity index (χ4n) is 2.06. The van der Waals surface area contributed by atoms with Crippen LogP contribution < -0.4 is 4.74 Å². The van der Waals surface area contributed by atoms with Gasteiger partial charge >= 0.3 is 0 Å². The van der Waals surface area contributed by atoms with E-state index in [4.69, 9.17) is 11.3 Å². The van der Waals surface area contributed by atoms with Crippen LogP contribution in [0.25, 0.3) is 4.85 Å². The quantitative estimate of drug-likeness (QED) is 0.651. The first kappa shape index (κ1) is 11.0. The lowest BCUT2D eigenvalue weighted by Crippen LogP contribution is -2.26. The Balaban J connectivity index is 2.54. The number of ether oxygens (including phenoxy) is 1. The van der Waals surface area contributed by atoms with Crippen LogP contribution in [0.2, 0.25) is 0 Å². The van der Waals surface area contributed by atoms with E-state index in [-0.39, 0.29) is 0 Å². The smallest absolute Gasteiger partial charge is 0.261 e. The van der Waals surface area contributed by atoms with E-state index in [2.05, 4.69) is 30.8 Å². The van der Waals surface area contributed by atoms with E-state index in [1.807, 2.05) is 13.0 Å². The Hall–Kier alpha value is -1.49. The van der Waals surface area contributed by atoms with Gasteiger partial charge in [-0.15, -0.1) is 0 Å². The van der Waals surface area contributed by atoms with Gasteiger partial charge in [0.25, 0.3) is 5.54 Å². The molecule has 0 amide bonds. The molecule has 0 aromatic heterocycles. The van der Waals surface area contributed by atoms with Crippen LogP contribution in [-0.2, 0) is 5.54 Å². The molecule has 16 heavy (non-hydrogen) atoms. The fourth-order valence-corrected chi connectivity index (χ4v) is 2.06. The summed E-state index contributed by atoms with van der Waals surface area (Å²) in [5.74, 6) is 1.37. The lowest BCUT2D eigenvalue weighted by atomic mass is 9.85. The summed E-state index contributed by atoms with van der Waals surface area (Å²) in [7, 11) is 0. The molecular weight excluding hydrogens is 198 g/mol. The molecule has 0 radical (unpaired) electrons. The van der Waals surface area contributed by atoms with Crippen molar-refractivity contribution in [1.29, 1.82) is 0 Å². The normalized spacial score (nSPS) is 23.4. The summed E-state index contributed by atoms with van der Waals surface area (Å²) in [6, 6.07) is 6.24. The molecule has 1 unspecified atom stereocenters. The van der Waals surface area contributed by atoms with Crippen molar-refractivity contribution in [2.24, 2.45) is 0 Å². The molecule has 0 saturated heterocycles. The van der Waals surface area contributed by atoms with Crippen LogP contribution in [0, 0.1) is 6.57 Å². The second-order valence-corrected chi connectivity index (χ2v) is 4.89. The molecule has 1 aromatic carbocycles. The van der Waals surface area contributed by atoms with E-state index in [1.54, 1.807) is 0 Å². The minimum atomic E-state index is -0.404. The molecule has 0 N–H and O–H groups in total. The van der Waals surface area contributed by atoms with E-state index in [1.165, 1.54) is 5.56 Å². The number of rotatable bonds is 1. The van der Waals surface area contributed by atoms with Gasteiger partial charge in [-0.25, -0.2) is 6.57 Å². The molecule has 0 saturated carbocycles. The van der Waals surface area contributed by atoms with Crippen LogP contribution >= 0.6 is 0 Å². The number of nitrogens with zero attached hydrogens (tertiary/aromatic N) is 1. The predicted molar refractivity (Wildman–Crippen MR) is 64.6 cm³/mol. The topological polar surface area (TPSA) is 13.6 Å². The molecule has 1 heterocycles. The van der Waals surface area contributed by atoms with Crippen molar-refractivity contribution >= 4 is 0 Å². The Morgan fingerprint density at radius 1 is 1.44 bits per heavy atom. The molecule has 84 valence electrons. The van der Waals surface area contributed by atoms with Crippen molar-refractivity contribution in [3.8, 4) is 5.75 Å². The first-order chi connectivity index (χ1) is 7.57. The third kappa shape index (κ3) is 1.67. The Bertz CT molecular complexity index is 445. The molecule has 1 aromatic rings. The molecule has 1 aliphatic rings. The minimum Gasteiger partial charge on any atom is -0.493 e. The van der Waals surface area contributed by atoms with E-state index >= 15 is 0 Å². The minimum absolute atomic E-state index is 0.404. The zero-order valence-corrected chi connectivity index (χ0v) is 10.1. The summed E-state index contributed by atoms with van der Waals surface area (Å²) in [6.45, 7) is 14.4. The maximum atomic E-state index is 7.37. The summed E-state index contributed by atoms with van der Waals surface area (Å²) in [4.78, 5) is 3.79. The van der Waals surface area contributed by atoms with E-state index < -0.39 is 5.54 Å². The average Bonchev–Trinajstić information content (AvgIpc) is 2.29. The molecule has 2 nitrogen and oxygen atoms in total. The maximum Gasteiger partial charge on any atom is 0.261 e. The van der Waals surface area contributed by atoms with Crippen LogP contribution in [0.5, 0.6) is 5.75 Å². The highest BCUT2D eigenvalue weighted by molar-refractivity contribution is 5.45. The fraction of sp³-hybridized carbons (Fsp3) is 0.500. The summed E-state index contributed by atoms with van der Waals surface area (Å²) in [5.41, 5.74) is 1.93. The van der Waals surface area contributed by atoms with Crippen LogP contribution in [-0.4, -0.2) is 6.61 Å². The van der Waals surface area contributed by atoms with Gasteiger partial charge in [0.05, 0.1) is 18.6 Å². The standard InChI is InChI=1S/C14H17NO/c1-10(2)11-5-6-13-12(9-11)14(3,15-4)7-8-16-13/h5-6,9-10H,7-8H2,1-3H3. The van der Waals surface area contributed by atoms with Crippen molar-refractivity contribution in [2.45, 2.75) is 38.6 Å². The SMILES string of the molecule is [C-]#[N+]C1(C)CCOc2ccc(C(C)C)cc21. The van der Waals surface area contributed by atoms with Gasteiger partial charge in [0.1, 0.15) is 5.75 Å². The lowest BCUT2D eigenvalue weighted by Gasteiger charge is -2.26. The van der Waals surface area contributed by atoms with Gasteiger partial charge in [0.15, 0.2) is 0 Å². The highest BCUT2D eigenvalue weighted by Crippen LogP contribution is 2.40. The van der Waals surface area contributed by atoms with Gasteiger partial charge in [-0.2, -0.15) is 0 Å². The number of benzene rings is 1. The maximum absolute atomic E-state index is 7.37. The molecule has 1 aliphatic heterocycles. The van der Waals surface area contributed by atoms with E-state index in [0.29, 0.717) is 12.5 Å². The Morgan fingerprint density at radius 2 is 2.19 bits per heavy atom. The van der Waals surface area contributed by atoms with Gasteiger partial charge in [-0.1, -0.05) is 19.9 Å². The predicted octanol–water partition coefficient (Wildman–Crippen LogP) is 3.73. The van der Waals surface area contributed by atoms with Crippen molar-refractivity contribution in [3.63, 3.8) is 0 Å². The highest BCUT2D eigenvalue weighted by atomic mass is 16.5. The Kier molecular flexibility index (Phi) is 2.63. The Morgan fingerprint density at radius 3 is 2.81 bits per heavy atom. The third-order valence-electron chi connectivity index (χ3n) is 3.34. The summed E-state index contributed by atoms with van der Waals surface area (Å²) < 4.78 is 5.61. The zero-order chi connectivity index (χ0) is 11.8. The van der Waals surface area contributed by atoms with Crippen LogP contribution in [0.1, 0.15) is 44.2 Å². The van der Waals surface area contributed by atoms with E-state index in [9.17, 15) is 0 Å². The number of fused-ring (bicyclic) bond motifs is 1. The van der Waals surface area contributed by atoms with Gasteiger partial charge in [-0.3, -0.25) is 0 Å². The second kappa shape index (κ2) is 3.83. The summed E-state index contributed by atoms with van der Waals surface area (Å²) >= 11 is 0. The summed E-state index contributed by atoms with van der Waals surface area (Å²) in [6.07, 6.45) is 0.783. The van der Waals surface area contributed by atoms with Crippen molar-refractivity contribution in [2.75, 3.05) is 6.61 Å². The second-order valence-electron chi connectivity index (χ2n) is 4.89. The van der Waals surface area contributed by atoms with Gasteiger partial charge in [0, 0.05) is 6.92 Å². The monoisotopic (exact) mass is 215 g/mol. The van der Waals surface area contributed by atoms with Crippen molar-refractivity contribution in [1.82, 2.24) is 0 Å². The van der Waals surface area contributed by atoms with Crippen LogP contribution in [0.4, 0.5) is 0 Å². The largest absolute Gasteiger partial charge is 0.493 e. The highest BCUT2D eigenvalue weighted by Gasteiger charge is 2.39. The van der Waals surface area contributed by atoms with Crippen LogP contribution in [0.3, 0.4) is 0 Å². The molecule has 2 heteroatoms. The molecule has 0 bridgehead atoms. The molecular formula is C14H17NO. The number of hydrogen-bond acceptors (Lipinski definition) is 1. The van der Waals surface area contributed by atoms with Gasteiger partial charge in [-0.05, 0) is 23.6 Å². The number of hydrogen-bond donors (Lipinski definition) is 0. The molecule has 0 fully saturated rings. The third-order valence-corrected chi connectivity index (χ3v) is 3.34. The molecule has 0 aliphatic carbocycles. The van der Waals surface area contributed by atoms with Crippen molar-refractivity contribution < 1.29 is 4.74 Å². The molecule has 1 atom stereocenters. The first-order valence-corrected chi connectivity index (χ1v) is 5.72. The zero-order valence-electron chi connectivity index (χ0n) is 10.1. The molecule has 0 spiro atoms. The van der Waals surface area contributed by atoms with Crippen LogP contribution in [0.15, 0.2) is 18.2 Å². The average molecular weight is 215 g/mol. The molecule has 2 rings (SSSR count). The lowest BCUT2D eigenvalue weighted by molar-refractivity contribution is 0.246. The van der Waals surface area contributed by atoms with Crippen molar-refractivity contribution in [3.05, 3.63) is 40.7 Å². The Labute approximate surface area is 97.1 Å².